The fourth-order valence-corrected chi connectivity index (χ4v) is 8.02. The molecule has 1 N–H and O–H groups in total. The van der Waals surface area contributed by atoms with Gasteiger partial charge in [0, 0.05) is 19.1 Å². The summed E-state index contributed by atoms with van der Waals surface area (Å²) in [6.07, 6.45) is 7.66. The van der Waals surface area contributed by atoms with Crippen LogP contribution in [0.1, 0.15) is 69.7 Å². The van der Waals surface area contributed by atoms with Crippen LogP contribution in [0.3, 0.4) is 0 Å². The highest BCUT2D eigenvalue weighted by molar-refractivity contribution is 7.89. The maximum Gasteiger partial charge on any atom is 0.253 e. The zero-order chi connectivity index (χ0) is 21.8. The summed E-state index contributed by atoms with van der Waals surface area (Å²) in [6.45, 7) is 5.74. The number of hydrogen-bond acceptors (Lipinski definition) is 3. The molecule has 0 radical (unpaired) electrons. The van der Waals surface area contributed by atoms with Crippen molar-refractivity contribution in [1.29, 1.82) is 0 Å². The van der Waals surface area contributed by atoms with E-state index >= 15 is 0 Å². The summed E-state index contributed by atoms with van der Waals surface area (Å²) in [7, 11) is -2.14. The molecule has 1 aromatic rings. The van der Waals surface area contributed by atoms with Gasteiger partial charge in [0.05, 0.1) is 15.5 Å². The Morgan fingerprint density at radius 1 is 1.10 bits per heavy atom. The molecule has 30 heavy (non-hydrogen) atoms. The first-order valence-electron chi connectivity index (χ1n) is 11.1. The second-order valence-electron chi connectivity index (χ2n) is 10.2. The number of hydrogen-bond donors (Lipinski definition) is 1. The van der Waals surface area contributed by atoms with E-state index in [9.17, 15) is 13.2 Å². The summed E-state index contributed by atoms with van der Waals surface area (Å²) in [6, 6.07) is 4.26. The van der Waals surface area contributed by atoms with E-state index in [4.69, 9.17) is 11.6 Å². The van der Waals surface area contributed by atoms with Crippen molar-refractivity contribution < 1.29 is 13.2 Å². The number of sulfonamides is 1. The highest BCUT2D eigenvalue weighted by Crippen LogP contribution is 2.61. The lowest BCUT2D eigenvalue weighted by Crippen LogP contribution is -2.55. The largest absolute Gasteiger partial charge is 0.349 e. The molecule has 0 saturated heterocycles. The molecule has 4 aliphatic carbocycles. The van der Waals surface area contributed by atoms with E-state index < -0.39 is 10.0 Å². The van der Waals surface area contributed by atoms with Gasteiger partial charge in [-0.1, -0.05) is 11.6 Å². The molecule has 1 atom stereocenters. The minimum absolute atomic E-state index is 0.0491. The van der Waals surface area contributed by atoms with E-state index in [-0.39, 0.29) is 38.9 Å². The molecule has 1 unspecified atom stereocenters. The smallest absolute Gasteiger partial charge is 0.253 e. The summed E-state index contributed by atoms with van der Waals surface area (Å²) < 4.78 is 27.0. The second-order valence-corrected chi connectivity index (χ2v) is 12.6. The van der Waals surface area contributed by atoms with Crippen molar-refractivity contribution in [3.63, 3.8) is 0 Å². The van der Waals surface area contributed by atoms with Gasteiger partial charge in [0.2, 0.25) is 10.0 Å². The molecular formula is C23H33ClN2O3S. The van der Waals surface area contributed by atoms with Gasteiger partial charge in [-0.2, -0.15) is 4.31 Å². The SMILES string of the molecule is CC(C)N(C)S(=O)(=O)c1ccc(Cl)c(C(=O)NC(C)C23CC4CC(CC(C4)C2)C3)c1. The Morgan fingerprint density at radius 3 is 2.13 bits per heavy atom. The maximum atomic E-state index is 13.1. The molecule has 5 nitrogen and oxygen atoms in total. The lowest BCUT2D eigenvalue weighted by atomic mass is 9.48. The molecule has 0 heterocycles. The molecule has 1 amide bonds. The first-order valence-corrected chi connectivity index (χ1v) is 12.9. The number of carbonyl (C=O) groups excluding carboxylic acids is 1. The summed E-state index contributed by atoms with van der Waals surface area (Å²) >= 11 is 6.32. The fourth-order valence-electron chi connectivity index (χ4n) is 6.42. The van der Waals surface area contributed by atoms with Crippen molar-refractivity contribution in [2.45, 2.75) is 76.3 Å². The maximum absolute atomic E-state index is 13.1. The third-order valence-electron chi connectivity index (χ3n) is 7.94. The van der Waals surface area contributed by atoms with Crippen molar-refractivity contribution in [3.8, 4) is 0 Å². The number of nitrogens with zero attached hydrogens (tertiary/aromatic N) is 1. The Kier molecular flexibility index (Phi) is 5.74. The molecule has 0 aromatic heterocycles. The minimum atomic E-state index is -3.68. The zero-order valence-corrected chi connectivity index (χ0v) is 19.9. The number of rotatable bonds is 6. The van der Waals surface area contributed by atoms with Crippen molar-refractivity contribution in [2.24, 2.45) is 23.2 Å². The van der Waals surface area contributed by atoms with Gasteiger partial charge >= 0.3 is 0 Å². The topological polar surface area (TPSA) is 66.5 Å². The van der Waals surface area contributed by atoms with Crippen LogP contribution in [0.5, 0.6) is 0 Å². The first-order chi connectivity index (χ1) is 14.0. The third kappa shape index (κ3) is 3.80. The van der Waals surface area contributed by atoms with Crippen LogP contribution >= 0.6 is 11.6 Å². The Bertz CT molecular complexity index is 908. The van der Waals surface area contributed by atoms with Crippen molar-refractivity contribution in [1.82, 2.24) is 9.62 Å². The summed E-state index contributed by atoms with van der Waals surface area (Å²) in [4.78, 5) is 13.2. The van der Waals surface area contributed by atoms with E-state index in [2.05, 4.69) is 12.2 Å². The first kappa shape index (κ1) is 22.1. The number of carbonyl (C=O) groups is 1. The van der Waals surface area contributed by atoms with Gasteiger partial charge < -0.3 is 5.32 Å². The molecular weight excluding hydrogens is 420 g/mol. The minimum Gasteiger partial charge on any atom is -0.349 e. The standard InChI is InChI=1S/C23H33ClN2O3S/c1-14(2)26(4)30(28,29)19-5-6-21(24)20(10-19)22(27)25-15(3)23-11-16-7-17(12-23)9-18(8-16)13-23/h5-6,10,14-18H,7-9,11-13H2,1-4H3,(H,25,27). The van der Waals surface area contributed by atoms with Gasteiger partial charge in [0.1, 0.15) is 0 Å². The zero-order valence-electron chi connectivity index (χ0n) is 18.3. The molecule has 0 aliphatic heterocycles. The Morgan fingerprint density at radius 2 is 1.63 bits per heavy atom. The monoisotopic (exact) mass is 452 g/mol. The van der Waals surface area contributed by atoms with Crippen molar-refractivity contribution in [2.75, 3.05) is 7.05 Å². The van der Waals surface area contributed by atoms with Gasteiger partial charge in [-0.15, -0.1) is 0 Å². The fraction of sp³-hybridized carbons (Fsp3) is 0.696. The second kappa shape index (κ2) is 7.79. The average Bonchev–Trinajstić information content (AvgIpc) is 2.66. The van der Waals surface area contributed by atoms with Crippen LogP contribution in [0.4, 0.5) is 0 Å². The Balaban J connectivity index is 1.55. The van der Waals surface area contributed by atoms with E-state index in [1.54, 1.807) is 7.05 Å². The lowest BCUT2D eigenvalue weighted by Gasteiger charge is -2.59. The number of nitrogens with one attached hydrogen (secondary N) is 1. The quantitative estimate of drug-likeness (QED) is 0.680. The molecule has 5 rings (SSSR count). The van der Waals surface area contributed by atoms with Gasteiger partial charge in [-0.3, -0.25) is 4.79 Å². The Hall–Kier alpha value is -1.11. The summed E-state index contributed by atoms with van der Waals surface area (Å²) in [5, 5.41) is 3.47. The van der Waals surface area contributed by atoms with Crippen LogP contribution in [-0.2, 0) is 10.0 Å². The molecule has 1 aromatic carbocycles. The van der Waals surface area contributed by atoms with E-state index in [1.807, 2.05) is 13.8 Å². The highest BCUT2D eigenvalue weighted by Gasteiger charge is 2.53. The average molecular weight is 453 g/mol. The number of benzene rings is 1. The van der Waals surface area contributed by atoms with Crippen molar-refractivity contribution in [3.05, 3.63) is 28.8 Å². The van der Waals surface area contributed by atoms with Crippen LogP contribution < -0.4 is 5.32 Å². The van der Waals surface area contributed by atoms with Crippen LogP contribution in [0.25, 0.3) is 0 Å². The van der Waals surface area contributed by atoms with Gasteiger partial charge in [0.15, 0.2) is 0 Å². The lowest BCUT2D eigenvalue weighted by molar-refractivity contribution is -0.0688. The molecule has 7 heteroatoms. The predicted octanol–water partition coefficient (Wildman–Crippen LogP) is 4.70. The van der Waals surface area contributed by atoms with E-state index in [0.717, 1.165) is 17.8 Å². The Labute approximate surface area is 185 Å². The van der Waals surface area contributed by atoms with Gasteiger partial charge in [-0.05, 0) is 101 Å². The normalized spacial score (nSPS) is 31.4. The number of halogens is 1. The molecule has 4 bridgehead atoms. The third-order valence-corrected chi connectivity index (χ3v) is 10.3. The van der Waals surface area contributed by atoms with Crippen LogP contribution in [0.2, 0.25) is 5.02 Å². The summed E-state index contributed by atoms with van der Waals surface area (Å²) in [5.41, 5.74) is 0.407. The summed E-state index contributed by atoms with van der Waals surface area (Å²) in [5.74, 6) is 2.13. The molecule has 4 saturated carbocycles. The molecule has 166 valence electrons. The van der Waals surface area contributed by atoms with Gasteiger partial charge in [0.25, 0.3) is 5.91 Å². The molecule has 4 fully saturated rings. The van der Waals surface area contributed by atoms with E-state index in [0.29, 0.717) is 0 Å². The molecule has 0 spiro atoms. The van der Waals surface area contributed by atoms with E-state index in [1.165, 1.54) is 61.0 Å². The van der Waals surface area contributed by atoms with Crippen LogP contribution in [0, 0.1) is 23.2 Å². The van der Waals surface area contributed by atoms with Crippen LogP contribution in [0.15, 0.2) is 23.1 Å². The predicted molar refractivity (Wildman–Crippen MR) is 119 cm³/mol. The molecule has 4 aliphatic rings. The van der Waals surface area contributed by atoms with Crippen LogP contribution in [-0.4, -0.2) is 37.8 Å². The van der Waals surface area contributed by atoms with Crippen molar-refractivity contribution >= 4 is 27.5 Å². The van der Waals surface area contributed by atoms with Gasteiger partial charge in [-0.25, -0.2) is 8.42 Å². The number of amides is 1. The highest BCUT2D eigenvalue weighted by atomic mass is 35.5.